The molecule has 170 valence electrons. The summed E-state index contributed by atoms with van der Waals surface area (Å²) in [6.45, 7) is 4.37. The molecule has 0 spiro atoms. The lowest BCUT2D eigenvalue weighted by Crippen LogP contribution is -2.50. The maximum absolute atomic E-state index is 13.1. The van der Waals surface area contributed by atoms with Crippen LogP contribution in [-0.4, -0.2) is 28.7 Å². The van der Waals surface area contributed by atoms with Crippen molar-refractivity contribution in [2.24, 2.45) is 5.92 Å². The van der Waals surface area contributed by atoms with Crippen molar-refractivity contribution in [3.63, 3.8) is 0 Å². The van der Waals surface area contributed by atoms with Crippen LogP contribution in [0, 0.1) is 5.92 Å². The maximum atomic E-state index is 13.1. The van der Waals surface area contributed by atoms with Crippen LogP contribution in [0.1, 0.15) is 41.1 Å². The molecule has 7 heteroatoms. The van der Waals surface area contributed by atoms with E-state index in [1.165, 1.54) is 11.3 Å². The molecule has 0 aliphatic carbocycles. The average Bonchev–Trinajstić information content (AvgIpc) is 3.34. The molecule has 1 atom stereocenters. The number of anilines is 1. The molecule has 1 aromatic heterocycles. The van der Waals surface area contributed by atoms with Gasteiger partial charge in [0.15, 0.2) is 0 Å². The van der Waals surface area contributed by atoms with Crippen LogP contribution >= 0.6 is 11.3 Å². The molecule has 1 N–H and O–H groups in total. The first-order valence-electron chi connectivity index (χ1n) is 10.9. The van der Waals surface area contributed by atoms with Crippen molar-refractivity contribution in [1.82, 2.24) is 4.90 Å². The SMILES string of the molecule is CC(C)CC(=O)N1Cc2ccccc2CC1C(=O)Oc1ccc(NC(=O)c2cccs2)cc1. The Morgan fingerprint density at radius 3 is 2.42 bits per heavy atom. The van der Waals surface area contributed by atoms with Gasteiger partial charge in [0, 0.05) is 25.1 Å². The van der Waals surface area contributed by atoms with Gasteiger partial charge in [-0.25, -0.2) is 4.79 Å². The van der Waals surface area contributed by atoms with E-state index in [4.69, 9.17) is 4.74 Å². The summed E-state index contributed by atoms with van der Waals surface area (Å²) >= 11 is 1.37. The van der Waals surface area contributed by atoms with Crippen LogP contribution in [0.2, 0.25) is 0 Å². The van der Waals surface area contributed by atoms with E-state index in [0.29, 0.717) is 35.7 Å². The van der Waals surface area contributed by atoms with E-state index < -0.39 is 12.0 Å². The summed E-state index contributed by atoms with van der Waals surface area (Å²) in [4.78, 5) is 40.5. The van der Waals surface area contributed by atoms with Crippen molar-refractivity contribution < 1.29 is 19.1 Å². The highest BCUT2D eigenvalue weighted by Crippen LogP contribution is 2.26. The Bertz CT molecular complexity index is 1140. The molecule has 2 heterocycles. The highest BCUT2D eigenvalue weighted by Gasteiger charge is 2.35. The van der Waals surface area contributed by atoms with Crippen molar-refractivity contribution >= 4 is 34.8 Å². The third kappa shape index (κ3) is 5.49. The van der Waals surface area contributed by atoms with Crippen LogP contribution in [0.5, 0.6) is 5.75 Å². The lowest BCUT2D eigenvalue weighted by atomic mass is 9.93. The molecule has 4 rings (SSSR count). The number of hydrogen-bond acceptors (Lipinski definition) is 5. The van der Waals surface area contributed by atoms with Crippen molar-refractivity contribution in [3.05, 3.63) is 82.0 Å². The second kappa shape index (κ2) is 10.0. The average molecular weight is 463 g/mol. The first kappa shape index (κ1) is 22.7. The number of esters is 1. The predicted molar refractivity (Wildman–Crippen MR) is 128 cm³/mol. The van der Waals surface area contributed by atoms with Gasteiger partial charge in [0.2, 0.25) is 5.91 Å². The molecule has 0 fully saturated rings. The zero-order chi connectivity index (χ0) is 23.4. The van der Waals surface area contributed by atoms with Crippen LogP contribution in [0.25, 0.3) is 0 Å². The van der Waals surface area contributed by atoms with Gasteiger partial charge in [-0.15, -0.1) is 11.3 Å². The van der Waals surface area contributed by atoms with E-state index in [9.17, 15) is 14.4 Å². The molecule has 0 bridgehead atoms. The highest BCUT2D eigenvalue weighted by atomic mass is 32.1. The number of amides is 2. The Labute approximate surface area is 197 Å². The highest BCUT2D eigenvalue weighted by molar-refractivity contribution is 7.12. The number of ether oxygens (including phenoxy) is 1. The fourth-order valence-corrected chi connectivity index (χ4v) is 4.47. The Morgan fingerprint density at radius 1 is 1.03 bits per heavy atom. The van der Waals surface area contributed by atoms with E-state index >= 15 is 0 Å². The number of thiophene rings is 1. The predicted octanol–water partition coefficient (Wildman–Crippen LogP) is 4.91. The molecule has 0 saturated carbocycles. The number of benzene rings is 2. The van der Waals surface area contributed by atoms with Crippen LogP contribution in [0.4, 0.5) is 5.69 Å². The van der Waals surface area contributed by atoms with Crippen LogP contribution in [-0.2, 0) is 22.6 Å². The topological polar surface area (TPSA) is 75.7 Å². The summed E-state index contributed by atoms with van der Waals surface area (Å²) in [6, 6.07) is 17.4. The fourth-order valence-electron chi connectivity index (χ4n) is 3.85. The summed E-state index contributed by atoms with van der Waals surface area (Å²) in [5.74, 6) is -0.132. The molecule has 3 aromatic rings. The Hall–Kier alpha value is -3.45. The molecule has 2 aromatic carbocycles. The first-order chi connectivity index (χ1) is 15.9. The Kier molecular flexibility index (Phi) is 6.89. The van der Waals surface area contributed by atoms with Gasteiger partial charge in [-0.2, -0.15) is 0 Å². The molecule has 6 nitrogen and oxygen atoms in total. The molecule has 0 saturated heterocycles. The van der Waals surface area contributed by atoms with Gasteiger partial charge in [-0.3, -0.25) is 9.59 Å². The largest absolute Gasteiger partial charge is 0.425 e. The number of rotatable bonds is 6. The third-order valence-electron chi connectivity index (χ3n) is 5.50. The van der Waals surface area contributed by atoms with Gasteiger partial charge in [0.1, 0.15) is 11.8 Å². The minimum atomic E-state index is -0.677. The van der Waals surface area contributed by atoms with Crippen LogP contribution < -0.4 is 10.1 Å². The molecule has 33 heavy (non-hydrogen) atoms. The summed E-state index contributed by atoms with van der Waals surface area (Å²) < 4.78 is 5.64. The summed E-state index contributed by atoms with van der Waals surface area (Å²) in [6.07, 6.45) is 0.804. The van der Waals surface area contributed by atoms with Gasteiger partial charge < -0.3 is 15.0 Å². The summed E-state index contributed by atoms with van der Waals surface area (Å²) in [5.41, 5.74) is 2.72. The molecule has 1 aliphatic rings. The van der Waals surface area contributed by atoms with Crippen LogP contribution in [0.15, 0.2) is 66.0 Å². The van der Waals surface area contributed by atoms with Crippen molar-refractivity contribution in [1.29, 1.82) is 0 Å². The third-order valence-corrected chi connectivity index (χ3v) is 6.37. The van der Waals surface area contributed by atoms with Crippen molar-refractivity contribution in [3.8, 4) is 5.75 Å². The molecule has 2 amide bonds. The second-order valence-corrected chi connectivity index (χ2v) is 9.43. The van der Waals surface area contributed by atoms with Gasteiger partial charge in [-0.05, 0) is 52.8 Å². The molecule has 0 radical (unpaired) electrons. The molecule has 1 unspecified atom stereocenters. The Morgan fingerprint density at radius 2 is 1.76 bits per heavy atom. The van der Waals surface area contributed by atoms with E-state index in [-0.39, 0.29) is 17.7 Å². The standard InChI is InChI=1S/C26H26N2O4S/c1-17(2)14-24(29)28-16-19-7-4-3-6-18(19)15-22(28)26(31)32-21-11-9-20(10-12-21)27-25(30)23-8-5-13-33-23/h3-13,17,22H,14-16H2,1-2H3,(H,27,30). The molecular weight excluding hydrogens is 436 g/mol. The van der Waals surface area contributed by atoms with E-state index in [2.05, 4.69) is 5.32 Å². The fraction of sp³-hybridized carbons (Fsp3) is 0.269. The Balaban J connectivity index is 1.46. The number of carbonyl (C=O) groups excluding carboxylic acids is 3. The van der Waals surface area contributed by atoms with Gasteiger partial charge in [0.05, 0.1) is 4.88 Å². The number of fused-ring (bicyclic) bond motifs is 1. The van der Waals surface area contributed by atoms with E-state index in [0.717, 1.165) is 11.1 Å². The number of nitrogens with zero attached hydrogens (tertiary/aromatic N) is 1. The molecule has 1 aliphatic heterocycles. The number of hydrogen-bond donors (Lipinski definition) is 1. The molecular formula is C26H26N2O4S. The van der Waals surface area contributed by atoms with E-state index in [1.807, 2.05) is 49.6 Å². The zero-order valence-corrected chi connectivity index (χ0v) is 19.4. The summed E-state index contributed by atoms with van der Waals surface area (Å²) in [7, 11) is 0. The number of nitrogens with one attached hydrogen (secondary N) is 1. The van der Waals surface area contributed by atoms with Crippen molar-refractivity contribution in [2.75, 3.05) is 5.32 Å². The van der Waals surface area contributed by atoms with Crippen molar-refractivity contribution in [2.45, 2.75) is 39.3 Å². The smallest absolute Gasteiger partial charge is 0.334 e. The van der Waals surface area contributed by atoms with Gasteiger partial charge in [0.25, 0.3) is 5.91 Å². The lowest BCUT2D eigenvalue weighted by Gasteiger charge is -2.35. The van der Waals surface area contributed by atoms with E-state index in [1.54, 1.807) is 35.2 Å². The minimum absolute atomic E-state index is 0.0481. The lowest BCUT2D eigenvalue weighted by molar-refractivity contribution is -0.149. The van der Waals surface area contributed by atoms with Gasteiger partial charge in [-0.1, -0.05) is 44.2 Å². The quantitative estimate of drug-likeness (QED) is 0.417. The monoisotopic (exact) mass is 462 g/mol. The minimum Gasteiger partial charge on any atom is -0.425 e. The van der Waals surface area contributed by atoms with Gasteiger partial charge >= 0.3 is 5.97 Å². The van der Waals surface area contributed by atoms with Crippen LogP contribution in [0.3, 0.4) is 0 Å². The maximum Gasteiger partial charge on any atom is 0.334 e. The normalized spacial score (nSPS) is 15.1. The second-order valence-electron chi connectivity index (χ2n) is 8.49. The summed E-state index contributed by atoms with van der Waals surface area (Å²) in [5, 5.41) is 4.66. The zero-order valence-electron chi connectivity index (χ0n) is 18.6. The number of carbonyl (C=O) groups is 3. The first-order valence-corrected chi connectivity index (χ1v) is 11.8.